The summed E-state index contributed by atoms with van der Waals surface area (Å²) in [5.41, 5.74) is 0. The number of allylic oxidation sites excluding steroid dienone is 10. The number of ether oxygens (including phenoxy) is 2. The molecule has 0 heterocycles. The second-order valence-electron chi connectivity index (χ2n) is 13.7. The summed E-state index contributed by atoms with van der Waals surface area (Å²) < 4.78 is 31.9. The molecule has 0 fully saturated rings. The van der Waals surface area contributed by atoms with E-state index < -0.39 is 26.5 Å². The van der Waals surface area contributed by atoms with Crippen molar-refractivity contribution in [3.05, 3.63) is 60.8 Å². The van der Waals surface area contributed by atoms with Gasteiger partial charge < -0.3 is 14.4 Å². The van der Waals surface area contributed by atoms with E-state index in [0.717, 1.165) is 84.2 Å². The lowest BCUT2D eigenvalue weighted by atomic mass is 10.1. The van der Waals surface area contributed by atoms with E-state index in [4.69, 9.17) is 14.0 Å². The summed E-state index contributed by atoms with van der Waals surface area (Å²) in [6, 6.07) is 0. The van der Waals surface area contributed by atoms with Crippen LogP contribution in [0.3, 0.4) is 0 Å². The predicted molar refractivity (Wildman–Crippen MR) is 221 cm³/mol. The number of hydrogen-bond acceptors (Lipinski definition) is 7. The third-order valence-corrected chi connectivity index (χ3v) is 9.68. The van der Waals surface area contributed by atoms with Crippen LogP contribution in [0.2, 0.25) is 0 Å². The maximum Gasteiger partial charge on any atom is 0.472 e. The lowest BCUT2D eigenvalue weighted by Crippen LogP contribution is -2.29. The van der Waals surface area contributed by atoms with E-state index in [1.54, 1.807) is 0 Å². The first-order valence-electron chi connectivity index (χ1n) is 21.0. The maximum atomic E-state index is 12.5. The zero-order valence-corrected chi connectivity index (χ0v) is 34.8. The molecule has 0 amide bonds. The molecule has 0 saturated heterocycles. The Morgan fingerprint density at radius 2 is 0.962 bits per heavy atom. The highest BCUT2D eigenvalue weighted by atomic mass is 31.2. The van der Waals surface area contributed by atoms with Crippen LogP contribution in [-0.2, 0) is 32.7 Å². The second-order valence-corrected chi connectivity index (χ2v) is 15.3. The topological polar surface area (TPSA) is 108 Å². The van der Waals surface area contributed by atoms with Gasteiger partial charge in [0, 0.05) is 20.0 Å². The van der Waals surface area contributed by atoms with E-state index >= 15 is 0 Å². The minimum absolute atomic E-state index is 0.222. The monoisotopic (exact) mass is 765 g/mol. The molecule has 0 aromatic carbocycles. The number of phosphoric acid groups is 1. The molecular weight excluding hydrogens is 687 g/mol. The summed E-state index contributed by atoms with van der Waals surface area (Å²) in [4.78, 5) is 34.4. The smallest absolute Gasteiger partial charge is 0.462 e. The van der Waals surface area contributed by atoms with Gasteiger partial charge in [0.2, 0.25) is 0 Å². The molecule has 8 nitrogen and oxygen atoms in total. The first-order valence-corrected chi connectivity index (χ1v) is 22.5. The number of carbonyl (C=O) groups is 2. The number of rotatable bonds is 38. The standard InChI is InChI=1S/C44H77O8P/c1-4-6-8-10-12-14-16-18-20-21-22-23-25-26-28-30-32-34-36-38-43(45)50-40-42(41-51-53(47,48)49-3)52-44(46)39-37-35-33-31-29-27-24-19-17-15-13-11-9-7-5-2/h7,9,12-15,18-20,24,42H,4-6,8,10-11,16-17,21-23,25-41H2,1-3H3,(H,47,48)/b9-7-,14-12-,15-13-,20-18-,24-19-. The maximum absolute atomic E-state index is 12.5. The summed E-state index contributed by atoms with van der Waals surface area (Å²) in [5.74, 6) is -0.831. The highest BCUT2D eigenvalue weighted by Gasteiger charge is 2.24. The Morgan fingerprint density at radius 1 is 0.547 bits per heavy atom. The van der Waals surface area contributed by atoms with Crippen molar-refractivity contribution in [1.29, 1.82) is 0 Å². The molecule has 0 aliphatic heterocycles. The van der Waals surface area contributed by atoms with Gasteiger partial charge in [0.25, 0.3) is 0 Å². The van der Waals surface area contributed by atoms with Crippen molar-refractivity contribution in [2.24, 2.45) is 0 Å². The third kappa shape index (κ3) is 39.3. The molecule has 0 aliphatic carbocycles. The van der Waals surface area contributed by atoms with Crippen molar-refractivity contribution in [2.45, 2.75) is 187 Å². The second kappa shape index (κ2) is 39.4. The van der Waals surface area contributed by atoms with Gasteiger partial charge in [0.05, 0.1) is 6.61 Å². The Bertz CT molecular complexity index is 1050. The molecule has 53 heavy (non-hydrogen) atoms. The predicted octanol–water partition coefficient (Wildman–Crippen LogP) is 13.2. The zero-order valence-electron chi connectivity index (χ0n) is 33.9. The van der Waals surface area contributed by atoms with Crippen LogP contribution in [0.5, 0.6) is 0 Å². The Labute approximate surface area is 324 Å². The normalized spacial score (nSPS) is 14.0. The highest BCUT2D eigenvalue weighted by Crippen LogP contribution is 2.42. The number of unbranched alkanes of at least 4 members (excludes halogenated alkanes) is 17. The molecule has 0 rings (SSSR count). The fraction of sp³-hybridized carbons (Fsp3) is 0.727. The minimum Gasteiger partial charge on any atom is -0.462 e. The molecule has 306 valence electrons. The van der Waals surface area contributed by atoms with E-state index in [2.05, 4.69) is 79.1 Å². The highest BCUT2D eigenvalue weighted by molar-refractivity contribution is 7.47. The number of phosphoric ester groups is 1. The lowest BCUT2D eigenvalue weighted by molar-refractivity contribution is -0.161. The van der Waals surface area contributed by atoms with E-state index in [9.17, 15) is 19.0 Å². The summed E-state index contributed by atoms with van der Waals surface area (Å²) in [6.07, 6.45) is 48.4. The Morgan fingerprint density at radius 3 is 1.43 bits per heavy atom. The minimum atomic E-state index is -4.27. The van der Waals surface area contributed by atoms with E-state index in [0.29, 0.717) is 6.42 Å². The van der Waals surface area contributed by atoms with Gasteiger partial charge in [0.15, 0.2) is 6.10 Å². The molecule has 0 saturated carbocycles. The van der Waals surface area contributed by atoms with Crippen LogP contribution in [0.1, 0.15) is 181 Å². The van der Waals surface area contributed by atoms with Crippen LogP contribution in [0.15, 0.2) is 60.8 Å². The van der Waals surface area contributed by atoms with Gasteiger partial charge in [0.1, 0.15) is 6.61 Å². The van der Waals surface area contributed by atoms with Crippen molar-refractivity contribution in [1.82, 2.24) is 0 Å². The molecular formula is C44H77O8P. The Hall–Kier alpha value is -2.25. The third-order valence-electron chi connectivity index (χ3n) is 8.75. The van der Waals surface area contributed by atoms with Gasteiger partial charge in [-0.05, 0) is 77.0 Å². The van der Waals surface area contributed by atoms with Gasteiger partial charge in [-0.25, -0.2) is 4.57 Å². The molecule has 9 heteroatoms. The summed E-state index contributed by atoms with van der Waals surface area (Å²) in [7, 11) is -3.21. The molecule has 0 aromatic rings. The van der Waals surface area contributed by atoms with E-state index in [1.807, 2.05) is 0 Å². The van der Waals surface area contributed by atoms with Crippen molar-refractivity contribution in [3.8, 4) is 0 Å². The van der Waals surface area contributed by atoms with Crippen LogP contribution >= 0.6 is 7.82 Å². The van der Waals surface area contributed by atoms with Gasteiger partial charge in [-0.1, -0.05) is 152 Å². The molecule has 0 aliphatic rings. The van der Waals surface area contributed by atoms with Gasteiger partial charge in [-0.2, -0.15) is 0 Å². The number of esters is 2. The fourth-order valence-electron chi connectivity index (χ4n) is 5.53. The van der Waals surface area contributed by atoms with Crippen molar-refractivity contribution < 1.29 is 37.6 Å². The fourth-order valence-corrected chi connectivity index (χ4v) is 5.99. The Balaban J connectivity index is 4.03. The van der Waals surface area contributed by atoms with Crippen molar-refractivity contribution in [2.75, 3.05) is 20.3 Å². The molecule has 0 bridgehead atoms. The number of hydrogen-bond donors (Lipinski definition) is 1. The molecule has 2 unspecified atom stereocenters. The zero-order chi connectivity index (χ0) is 38.9. The van der Waals surface area contributed by atoms with E-state index in [-0.39, 0.29) is 25.4 Å². The molecule has 2 atom stereocenters. The largest absolute Gasteiger partial charge is 0.472 e. The summed E-state index contributed by atoms with van der Waals surface area (Å²) in [5, 5.41) is 0. The van der Waals surface area contributed by atoms with Crippen LogP contribution in [-0.4, -0.2) is 43.3 Å². The van der Waals surface area contributed by atoms with Crippen molar-refractivity contribution >= 4 is 19.8 Å². The van der Waals surface area contributed by atoms with Crippen LogP contribution < -0.4 is 0 Å². The van der Waals surface area contributed by atoms with E-state index in [1.165, 1.54) is 70.6 Å². The quantitative estimate of drug-likeness (QED) is 0.0286. The van der Waals surface area contributed by atoms with Crippen LogP contribution in [0.25, 0.3) is 0 Å². The SMILES string of the molecule is CC/C=C\C/C=C\C/C=C\CCCCCCCC(=O)OC(COC(=O)CCCCCCCCCCC/C=C\C/C=C\CCCCC)COP(=O)(O)OC. The summed E-state index contributed by atoms with van der Waals surface area (Å²) in [6.45, 7) is 3.73. The first kappa shape index (κ1) is 50.8. The summed E-state index contributed by atoms with van der Waals surface area (Å²) >= 11 is 0. The molecule has 0 radical (unpaired) electrons. The van der Waals surface area contributed by atoms with Gasteiger partial charge in [-0.3, -0.25) is 18.6 Å². The van der Waals surface area contributed by atoms with Crippen molar-refractivity contribution in [3.63, 3.8) is 0 Å². The Kier molecular flexibility index (Phi) is 37.8. The lowest BCUT2D eigenvalue weighted by Gasteiger charge is -2.19. The average molecular weight is 765 g/mol. The molecule has 0 spiro atoms. The molecule has 0 aromatic heterocycles. The van der Waals surface area contributed by atoms with Gasteiger partial charge >= 0.3 is 19.8 Å². The average Bonchev–Trinajstić information content (AvgIpc) is 3.15. The van der Waals surface area contributed by atoms with Crippen LogP contribution in [0, 0.1) is 0 Å². The molecule has 1 N–H and O–H groups in total. The number of carbonyl (C=O) groups excluding carboxylic acids is 2. The van der Waals surface area contributed by atoms with Crippen LogP contribution in [0.4, 0.5) is 0 Å². The van der Waals surface area contributed by atoms with Gasteiger partial charge in [-0.15, -0.1) is 0 Å². The first-order chi connectivity index (χ1) is 25.8.